The Morgan fingerprint density at radius 3 is 1.83 bits per heavy atom. The molecule has 0 saturated heterocycles. The van der Waals surface area contributed by atoms with Crippen molar-refractivity contribution in [1.82, 2.24) is 0 Å². The molecule has 30 heavy (non-hydrogen) atoms. The smallest absolute Gasteiger partial charge is 0.0167 e. The molecule has 161 valence electrons. The van der Waals surface area contributed by atoms with Crippen LogP contribution in [0.1, 0.15) is 109 Å². The van der Waals surface area contributed by atoms with Crippen molar-refractivity contribution in [2.75, 3.05) is 0 Å². The van der Waals surface area contributed by atoms with Gasteiger partial charge in [0.15, 0.2) is 0 Å². The minimum Gasteiger partial charge on any atom is -0.0648 e. The lowest BCUT2D eigenvalue weighted by molar-refractivity contribution is 0.569. The van der Waals surface area contributed by atoms with Crippen molar-refractivity contribution in [3.05, 3.63) is 70.1 Å². The molecule has 1 aliphatic rings. The van der Waals surface area contributed by atoms with Gasteiger partial charge in [-0.25, -0.2) is 0 Å². The lowest BCUT2D eigenvalue weighted by Gasteiger charge is -2.27. The fourth-order valence-corrected chi connectivity index (χ4v) is 4.28. The van der Waals surface area contributed by atoms with E-state index in [1.807, 2.05) is 0 Å². The topological polar surface area (TPSA) is 0 Å². The van der Waals surface area contributed by atoms with Crippen LogP contribution in [0, 0.1) is 12.3 Å². The van der Waals surface area contributed by atoms with Gasteiger partial charge < -0.3 is 0 Å². The van der Waals surface area contributed by atoms with E-state index >= 15 is 0 Å². The highest BCUT2D eigenvalue weighted by Crippen LogP contribution is 2.44. The van der Waals surface area contributed by atoms with Gasteiger partial charge in [-0.1, -0.05) is 111 Å². The Bertz CT molecular complexity index is 923. The van der Waals surface area contributed by atoms with Crippen LogP contribution in [0.4, 0.5) is 0 Å². The number of benzene rings is 2. The van der Waals surface area contributed by atoms with E-state index in [0.717, 1.165) is 0 Å². The molecule has 1 aliphatic carbocycles. The Morgan fingerprint density at radius 1 is 0.800 bits per heavy atom. The van der Waals surface area contributed by atoms with Gasteiger partial charge in [0.2, 0.25) is 0 Å². The van der Waals surface area contributed by atoms with Crippen LogP contribution in [0.15, 0.2) is 35.9 Å². The summed E-state index contributed by atoms with van der Waals surface area (Å²) in [5.41, 5.74) is 11.6. The van der Waals surface area contributed by atoms with E-state index in [4.69, 9.17) is 0 Å². The Morgan fingerprint density at radius 2 is 1.37 bits per heavy atom. The lowest BCUT2D eigenvalue weighted by atomic mass is 9.77. The quantitative estimate of drug-likeness (QED) is 0.479. The Hall–Kier alpha value is -1.82. The maximum atomic E-state index is 2.46. The fourth-order valence-electron chi connectivity index (χ4n) is 4.28. The lowest BCUT2D eigenvalue weighted by Crippen LogP contribution is -2.16. The van der Waals surface area contributed by atoms with Crippen LogP contribution in [-0.4, -0.2) is 0 Å². The summed E-state index contributed by atoms with van der Waals surface area (Å²) in [4.78, 5) is 0. The van der Waals surface area contributed by atoms with Gasteiger partial charge in [0.25, 0.3) is 0 Å². The largest absolute Gasteiger partial charge is 0.0648 e. The molecule has 0 fully saturated rings. The molecule has 2 aromatic rings. The molecule has 0 saturated carbocycles. The second-order valence-electron chi connectivity index (χ2n) is 11.6. The van der Waals surface area contributed by atoms with E-state index in [0.29, 0.717) is 11.8 Å². The Labute approximate surface area is 185 Å². The molecule has 0 bridgehead atoms. The minimum atomic E-state index is 0.121. The highest BCUT2D eigenvalue weighted by Gasteiger charge is 2.26. The van der Waals surface area contributed by atoms with E-state index in [1.165, 1.54) is 50.9 Å². The molecule has 0 N–H and O–H groups in total. The molecule has 0 spiro atoms. The van der Waals surface area contributed by atoms with E-state index in [-0.39, 0.29) is 10.8 Å². The summed E-state index contributed by atoms with van der Waals surface area (Å²) in [6, 6.07) is 12.0. The average molecular weight is 402 g/mol. The molecule has 0 aliphatic heterocycles. The van der Waals surface area contributed by atoms with Gasteiger partial charge >= 0.3 is 0 Å². The summed E-state index contributed by atoms with van der Waals surface area (Å²) in [7, 11) is 0. The third-order valence-electron chi connectivity index (χ3n) is 6.70. The predicted octanol–water partition coefficient (Wildman–Crippen LogP) is 9.07. The van der Waals surface area contributed by atoms with Crippen molar-refractivity contribution in [3.63, 3.8) is 0 Å². The molecule has 1 atom stereocenters. The normalized spacial score (nSPS) is 15.4. The Kier molecular flexibility index (Phi) is 6.11. The average Bonchev–Trinajstić information content (AvgIpc) is 3.08. The third-order valence-corrected chi connectivity index (χ3v) is 6.70. The number of hydrogen-bond acceptors (Lipinski definition) is 0. The fraction of sp³-hybridized carbons (Fsp3) is 0.500. The number of allylic oxidation sites excluding steroid dienone is 1. The standard InChI is InChI=1S/C30H41/c1-11-20(4)22-14-21-12-13-26(19(2)3)28(27(21)17-22)23-15-24(29(5,6)7)18-25(16-23)30(8,9)10/h12-20H,11H2,1-10H3. The van der Waals surface area contributed by atoms with Crippen molar-refractivity contribution in [1.29, 1.82) is 0 Å². The molecule has 1 unspecified atom stereocenters. The molecule has 3 rings (SSSR count). The molecular weight excluding hydrogens is 360 g/mol. The molecule has 0 heterocycles. The van der Waals surface area contributed by atoms with Gasteiger partial charge in [-0.3, -0.25) is 0 Å². The van der Waals surface area contributed by atoms with E-state index in [2.05, 4.69) is 112 Å². The second kappa shape index (κ2) is 8.03. The molecule has 0 amide bonds. The van der Waals surface area contributed by atoms with Crippen LogP contribution >= 0.6 is 0 Å². The monoisotopic (exact) mass is 401 g/mol. The van der Waals surface area contributed by atoms with Gasteiger partial charge in [0, 0.05) is 6.42 Å². The zero-order valence-corrected chi connectivity index (χ0v) is 20.9. The highest BCUT2D eigenvalue weighted by atomic mass is 14.3. The van der Waals surface area contributed by atoms with Gasteiger partial charge in [-0.2, -0.15) is 0 Å². The van der Waals surface area contributed by atoms with E-state index < -0.39 is 0 Å². The van der Waals surface area contributed by atoms with E-state index in [9.17, 15) is 0 Å². The highest BCUT2D eigenvalue weighted by molar-refractivity contribution is 5.86. The minimum absolute atomic E-state index is 0.121. The van der Waals surface area contributed by atoms with Gasteiger partial charge in [-0.05, 0) is 68.0 Å². The number of fused-ring (bicyclic) bond motifs is 1. The van der Waals surface area contributed by atoms with Gasteiger partial charge in [-0.15, -0.1) is 0 Å². The van der Waals surface area contributed by atoms with Crippen LogP contribution in [0.3, 0.4) is 0 Å². The third kappa shape index (κ3) is 4.43. The zero-order chi connectivity index (χ0) is 22.4. The van der Waals surface area contributed by atoms with Crippen LogP contribution < -0.4 is 0 Å². The first kappa shape index (κ1) is 22.9. The van der Waals surface area contributed by atoms with Crippen molar-refractivity contribution in [2.45, 2.75) is 92.4 Å². The van der Waals surface area contributed by atoms with Crippen molar-refractivity contribution >= 4 is 6.08 Å². The SMILES string of the molecule is CCC(C)C1=Cc2c(ccc(C(C)C)c2-c2cc(C(C)(C)C)cc(C(C)(C)C)c2)[CH]1. The van der Waals surface area contributed by atoms with Gasteiger partial charge in [0.05, 0.1) is 0 Å². The number of rotatable bonds is 4. The first-order valence-corrected chi connectivity index (χ1v) is 11.7. The maximum absolute atomic E-state index is 2.46. The van der Waals surface area contributed by atoms with Crippen LogP contribution in [-0.2, 0) is 10.8 Å². The number of hydrogen-bond donors (Lipinski definition) is 0. The van der Waals surface area contributed by atoms with Crippen molar-refractivity contribution < 1.29 is 0 Å². The summed E-state index contributed by atoms with van der Waals surface area (Å²) < 4.78 is 0. The van der Waals surface area contributed by atoms with Gasteiger partial charge in [0.1, 0.15) is 0 Å². The zero-order valence-electron chi connectivity index (χ0n) is 20.9. The maximum Gasteiger partial charge on any atom is 0.0167 e. The first-order chi connectivity index (χ1) is 13.8. The van der Waals surface area contributed by atoms with Crippen LogP contribution in [0.2, 0.25) is 0 Å². The first-order valence-electron chi connectivity index (χ1n) is 11.7. The van der Waals surface area contributed by atoms with Crippen LogP contribution in [0.25, 0.3) is 17.2 Å². The summed E-state index contributed by atoms with van der Waals surface area (Å²) in [5, 5.41) is 0. The predicted molar refractivity (Wildman–Crippen MR) is 134 cm³/mol. The summed E-state index contributed by atoms with van der Waals surface area (Å²) in [5.74, 6) is 1.08. The molecule has 2 aromatic carbocycles. The summed E-state index contributed by atoms with van der Waals surface area (Å²) >= 11 is 0. The van der Waals surface area contributed by atoms with E-state index in [1.54, 1.807) is 0 Å². The molecule has 0 nitrogen and oxygen atoms in total. The van der Waals surface area contributed by atoms with Crippen molar-refractivity contribution in [3.8, 4) is 11.1 Å². The van der Waals surface area contributed by atoms with Crippen molar-refractivity contribution in [2.24, 2.45) is 5.92 Å². The molecular formula is C30H41. The molecule has 1 radical (unpaired) electrons. The second-order valence-corrected chi connectivity index (χ2v) is 11.6. The van der Waals surface area contributed by atoms with Crippen LogP contribution in [0.5, 0.6) is 0 Å². The molecule has 0 heteroatoms. The molecule has 0 aromatic heterocycles. The summed E-state index contributed by atoms with van der Waals surface area (Å²) in [6.07, 6.45) is 6.05. The Balaban J connectivity index is 2.33. The summed E-state index contributed by atoms with van der Waals surface area (Å²) in [6.45, 7) is 23.2.